The Kier molecular flexibility index (Phi) is 3.67. The van der Waals surface area contributed by atoms with Gasteiger partial charge < -0.3 is 4.57 Å². The number of rotatable bonds is 1. The second kappa shape index (κ2) is 6.88. The summed E-state index contributed by atoms with van der Waals surface area (Å²) in [5.74, 6) is 0. The van der Waals surface area contributed by atoms with Gasteiger partial charge in [-0.2, -0.15) is 0 Å². The zero-order chi connectivity index (χ0) is 24.1. The van der Waals surface area contributed by atoms with Crippen LogP contribution in [0.4, 0.5) is 0 Å². The fraction of sp³-hybridized carbons (Fsp3) is 0.0286. The first kappa shape index (κ1) is 19.7. The van der Waals surface area contributed by atoms with Crippen molar-refractivity contribution in [1.82, 2.24) is 4.57 Å². The Morgan fingerprint density at radius 3 is 2.22 bits per heavy atom. The number of thiophene rings is 1. The fourth-order valence-corrected chi connectivity index (χ4v) is 7.89. The van der Waals surface area contributed by atoms with Crippen LogP contribution in [0.2, 0.25) is 0 Å². The average Bonchev–Trinajstić information content (AvgIpc) is 3.68. The van der Waals surface area contributed by atoms with Crippen molar-refractivity contribution in [3.8, 4) is 27.3 Å². The molecule has 2 aromatic heterocycles. The Balaban J connectivity index is 1.51. The molecule has 172 valence electrons. The molecular weight excluding hydrogens is 466 g/mol. The topological polar surface area (TPSA) is 4.93 Å². The SMILES string of the molecule is c1csc(-c2ccc3c(c2)-c2ccccc2C32c3ccccc3-n3c4ccccc4c4cccc2c43)c1. The van der Waals surface area contributed by atoms with E-state index < -0.39 is 0 Å². The van der Waals surface area contributed by atoms with E-state index in [2.05, 4.69) is 131 Å². The van der Waals surface area contributed by atoms with Crippen LogP contribution in [0.1, 0.15) is 22.3 Å². The zero-order valence-corrected chi connectivity index (χ0v) is 20.8. The summed E-state index contributed by atoms with van der Waals surface area (Å²) in [7, 11) is 0. The molecule has 1 aliphatic carbocycles. The molecule has 1 atom stereocenters. The number of para-hydroxylation sites is 3. The smallest absolute Gasteiger partial charge is 0.0754 e. The first-order valence-corrected chi connectivity index (χ1v) is 13.7. The predicted molar refractivity (Wildman–Crippen MR) is 155 cm³/mol. The molecule has 2 heteroatoms. The van der Waals surface area contributed by atoms with Gasteiger partial charge in [0, 0.05) is 15.6 Å². The van der Waals surface area contributed by atoms with Crippen LogP contribution in [-0.4, -0.2) is 4.57 Å². The Hall–Kier alpha value is -4.40. The third-order valence-electron chi connectivity index (χ3n) is 8.50. The largest absolute Gasteiger partial charge is 0.309 e. The number of fused-ring (bicyclic) bond motifs is 12. The highest BCUT2D eigenvalue weighted by Crippen LogP contribution is 2.61. The second-order valence-corrected chi connectivity index (χ2v) is 11.1. The molecule has 0 fully saturated rings. The van der Waals surface area contributed by atoms with E-state index in [4.69, 9.17) is 0 Å². The Morgan fingerprint density at radius 2 is 1.30 bits per heavy atom. The summed E-state index contributed by atoms with van der Waals surface area (Å²) in [6.07, 6.45) is 0. The molecule has 0 saturated carbocycles. The predicted octanol–water partition coefficient (Wildman–Crippen LogP) is 9.19. The molecule has 5 aromatic carbocycles. The van der Waals surface area contributed by atoms with Crippen LogP contribution >= 0.6 is 11.3 Å². The average molecular weight is 488 g/mol. The Morgan fingerprint density at radius 1 is 0.541 bits per heavy atom. The van der Waals surface area contributed by atoms with E-state index in [9.17, 15) is 0 Å². The van der Waals surface area contributed by atoms with Crippen LogP contribution in [0.25, 0.3) is 49.1 Å². The minimum Gasteiger partial charge on any atom is -0.309 e. The van der Waals surface area contributed by atoms with Gasteiger partial charge >= 0.3 is 0 Å². The summed E-state index contributed by atoms with van der Waals surface area (Å²) in [5, 5.41) is 4.79. The van der Waals surface area contributed by atoms with Gasteiger partial charge in [0.2, 0.25) is 0 Å². The van der Waals surface area contributed by atoms with Crippen LogP contribution in [0.15, 0.2) is 127 Å². The molecule has 0 bridgehead atoms. The molecule has 7 aromatic rings. The van der Waals surface area contributed by atoms with Crippen LogP contribution in [0.5, 0.6) is 0 Å². The van der Waals surface area contributed by atoms with Crippen molar-refractivity contribution in [2.24, 2.45) is 0 Å². The maximum atomic E-state index is 2.50. The second-order valence-electron chi connectivity index (χ2n) is 10.1. The Labute approximate surface area is 218 Å². The number of aromatic nitrogens is 1. The normalized spacial score (nSPS) is 16.8. The molecule has 0 saturated heterocycles. The lowest BCUT2D eigenvalue weighted by atomic mass is 9.65. The maximum absolute atomic E-state index is 2.50. The summed E-state index contributed by atoms with van der Waals surface area (Å²) in [5.41, 5.74) is 13.0. The van der Waals surface area contributed by atoms with Crippen molar-refractivity contribution in [3.63, 3.8) is 0 Å². The molecule has 2 aliphatic rings. The van der Waals surface area contributed by atoms with Crippen molar-refractivity contribution >= 4 is 33.1 Å². The molecule has 1 nitrogen and oxygen atoms in total. The van der Waals surface area contributed by atoms with Crippen molar-refractivity contribution in [2.75, 3.05) is 0 Å². The van der Waals surface area contributed by atoms with Gasteiger partial charge in [0.25, 0.3) is 0 Å². The van der Waals surface area contributed by atoms with E-state index in [1.165, 1.54) is 71.3 Å². The lowest BCUT2D eigenvalue weighted by Crippen LogP contribution is -2.33. The van der Waals surface area contributed by atoms with Crippen LogP contribution in [0, 0.1) is 0 Å². The standard InChI is InChI=1S/C35H21NS/c1-3-12-27-23(9-1)26-21-22(33-17-8-20-37-33)18-19-28(26)35(27)29-13-4-6-16-32(29)36-31-15-5-2-10-24(31)25-11-7-14-30(35)34(25)36/h1-21H. The summed E-state index contributed by atoms with van der Waals surface area (Å²) in [6.45, 7) is 0. The summed E-state index contributed by atoms with van der Waals surface area (Å²) in [4.78, 5) is 1.31. The fourth-order valence-electron chi connectivity index (χ4n) is 7.16. The molecule has 1 spiro atoms. The molecule has 0 amide bonds. The van der Waals surface area contributed by atoms with E-state index in [1.807, 2.05) is 0 Å². The van der Waals surface area contributed by atoms with E-state index >= 15 is 0 Å². The quantitative estimate of drug-likeness (QED) is 0.217. The van der Waals surface area contributed by atoms with Gasteiger partial charge in [-0.1, -0.05) is 97.1 Å². The molecule has 1 unspecified atom stereocenters. The summed E-state index contributed by atoms with van der Waals surface area (Å²) < 4.78 is 2.50. The zero-order valence-electron chi connectivity index (χ0n) is 20.0. The maximum Gasteiger partial charge on any atom is 0.0754 e. The highest BCUT2D eigenvalue weighted by Gasteiger charge is 2.50. The van der Waals surface area contributed by atoms with Crippen LogP contribution in [0.3, 0.4) is 0 Å². The minimum atomic E-state index is -0.361. The Bertz CT molecular complexity index is 2040. The number of nitrogens with zero attached hydrogens (tertiary/aromatic N) is 1. The highest BCUT2D eigenvalue weighted by molar-refractivity contribution is 7.13. The van der Waals surface area contributed by atoms with Crippen LogP contribution < -0.4 is 0 Å². The van der Waals surface area contributed by atoms with E-state index in [1.54, 1.807) is 11.3 Å². The van der Waals surface area contributed by atoms with Gasteiger partial charge in [-0.05, 0) is 68.6 Å². The number of benzene rings is 5. The van der Waals surface area contributed by atoms with E-state index in [0.29, 0.717) is 0 Å². The summed E-state index contributed by atoms with van der Waals surface area (Å²) >= 11 is 1.80. The summed E-state index contributed by atoms with van der Waals surface area (Å²) in [6, 6.07) is 45.4. The van der Waals surface area contributed by atoms with Gasteiger partial charge in [0.15, 0.2) is 0 Å². The van der Waals surface area contributed by atoms with Gasteiger partial charge in [0.05, 0.1) is 22.1 Å². The molecule has 9 rings (SSSR count). The lowest BCUT2D eigenvalue weighted by Gasteiger charge is -2.39. The molecule has 1 aliphatic heterocycles. The minimum absolute atomic E-state index is 0.361. The first-order valence-electron chi connectivity index (χ1n) is 12.8. The van der Waals surface area contributed by atoms with Crippen LogP contribution in [-0.2, 0) is 5.41 Å². The molecule has 3 heterocycles. The van der Waals surface area contributed by atoms with Gasteiger partial charge in [-0.3, -0.25) is 0 Å². The van der Waals surface area contributed by atoms with E-state index in [0.717, 1.165) is 0 Å². The first-order chi connectivity index (χ1) is 18.4. The lowest BCUT2D eigenvalue weighted by molar-refractivity contribution is 0.748. The van der Waals surface area contributed by atoms with Gasteiger partial charge in [-0.25, -0.2) is 0 Å². The van der Waals surface area contributed by atoms with Crippen molar-refractivity contribution < 1.29 is 0 Å². The highest BCUT2D eigenvalue weighted by atomic mass is 32.1. The van der Waals surface area contributed by atoms with E-state index in [-0.39, 0.29) is 5.41 Å². The molecule has 37 heavy (non-hydrogen) atoms. The van der Waals surface area contributed by atoms with Gasteiger partial charge in [0.1, 0.15) is 0 Å². The third kappa shape index (κ3) is 2.26. The third-order valence-corrected chi connectivity index (χ3v) is 9.42. The molecule has 0 N–H and O–H groups in total. The van der Waals surface area contributed by atoms with Gasteiger partial charge in [-0.15, -0.1) is 11.3 Å². The molecular formula is C35H21NS. The van der Waals surface area contributed by atoms with Crippen molar-refractivity contribution in [3.05, 3.63) is 149 Å². The van der Waals surface area contributed by atoms with Crippen molar-refractivity contribution in [2.45, 2.75) is 5.41 Å². The number of hydrogen-bond acceptors (Lipinski definition) is 1. The molecule has 0 radical (unpaired) electrons. The van der Waals surface area contributed by atoms with Crippen molar-refractivity contribution in [1.29, 1.82) is 0 Å². The monoisotopic (exact) mass is 487 g/mol. The number of hydrogen-bond donors (Lipinski definition) is 0.